The monoisotopic (exact) mass is 219 g/mol. The number of nitrogens with zero attached hydrogens (tertiary/aromatic N) is 3. The third kappa shape index (κ3) is 2.03. The lowest BCUT2D eigenvalue weighted by atomic mass is 10.2. The van der Waals surface area contributed by atoms with Crippen molar-refractivity contribution in [2.75, 3.05) is 18.0 Å². The molecular weight excluding hydrogens is 206 g/mol. The van der Waals surface area contributed by atoms with E-state index in [2.05, 4.69) is 22.1 Å². The summed E-state index contributed by atoms with van der Waals surface area (Å²) in [6, 6.07) is 0. The molecule has 0 bridgehead atoms. The van der Waals surface area contributed by atoms with Gasteiger partial charge in [-0.15, -0.1) is 0 Å². The minimum absolute atomic E-state index is 0.163. The Labute approximate surface area is 93.4 Å². The van der Waals surface area contributed by atoms with Crippen molar-refractivity contribution in [3.63, 3.8) is 0 Å². The van der Waals surface area contributed by atoms with E-state index in [1.54, 1.807) is 6.92 Å². The molecule has 0 radical (unpaired) electrons. The molecule has 5 nitrogen and oxygen atoms in total. The zero-order chi connectivity index (χ0) is 11.5. The van der Waals surface area contributed by atoms with Crippen LogP contribution in [0.1, 0.15) is 22.5 Å². The molecule has 1 aromatic heterocycles. The number of aromatic nitrogens is 2. The second-order valence-corrected chi connectivity index (χ2v) is 3.68. The van der Waals surface area contributed by atoms with Crippen molar-refractivity contribution in [2.45, 2.75) is 13.3 Å². The first kappa shape index (κ1) is 10.6. The summed E-state index contributed by atoms with van der Waals surface area (Å²) in [5, 5.41) is 8.86. The Bertz CT molecular complexity index is 443. The first-order valence-electron chi connectivity index (χ1n) is 5.15. The van der Waals surface area contributed by atoms with Crippen molar-refractivity contribution >= 4 is 11.9 Å². The molecule has 0 saturated carbocycles. The van der Waals surface area contributed by atoms with Crippen molar-refractivity contribution in [1.82, 2.24) is 9.97 Å². The second-order valence-electron chi connectivity index (χ2n) is 3.68. The number of anilines is 1. The van der Waals surface area contributed by atoms with Gasteiger partial charge in [0, 0.05) is 19.3 Å². The third-order valence-electron chi connectivity index (χ3n) is 2.54. The highest BCUT2D eigenvalue weighted by molar-refractivity contribution is 5.88. The maximum atomic E-state index is 10.8. The average Bonchev–Trinajstić information content (AvgIpc) is 2.29. The predicted octanol–water partition coefficient (Wildman–Crippen LogP) is 1.25. The van der Waals surface area contributed by atoms with Gasteiger partial charge < -0.3 is 10.0 Å². The maximum absolute atomic E-state index is 10.8. The van der Waals surface area contributed by atoms with Crippen LogP contribution in [0.4, 0.5) is 5.95 Å². The summed E-state index contributed by atoms with van der Waals surface area (Å²) in [5.74, 6) is -0.380. The molecule has 0 aliphatic carbocycles. The highest BCUT2D eigenvalue weighted by atomic mass is 16.4. The fourth-order valence-electron chi connectivity index (χ4n) is 1.64. The lowest BCUT2D eigenvalue weighted by molar-refractivity contribution is 0.0695. The smallest absolute Gasteiger partial charge is 0.339 e. The van der Waals surface area contributed by atoms with Crippen LogP contribution in [0, 0.1) is 6.92 Å². The molecule has 16 heavy (non-hydrogen) atoms. The topological polar surface area (TPSA) is 66.3 Å². The number of rotatable bonds is 2. The highest BCUT2D eigenvalue weighted by Gasteiger charge is 2.14. The van der Waals surface area contributed by atoms with Gasteiger partial charge in [0.05, 0.1) is 11.3 Å². The van der Waals surface area contributed by atoms with E-state index < -0.39 is 5.97 Å². The Morgan fingerprint density at radius 2 is 2.31 bits per heavy atom. The van der Waals surface area contributed by atoms with Gasteiger partial charge in [0.15, 0.2) is 0 Å². The van der Waals surface area contributed by atoms with E-state index in [0.717, 1.165) is 19.5 Å². The van der Waals surface area contributed by atoms with Crippen LogP contribution in [0.15, 0.2) is 18.3 Å². The fraction of sp³-hybridized carbons (Fsp3) is 0.364. The lowest BCUT2D eigenvalue weighted by Gasteiger charge is -2.23. The van der Waals surface area contributed by atoms with Gasteiger partial charge in [-0.3, -0.25) is 0 Å². The number of hydrogen-bond donors (Lipinski definition) is 1. The number of aryl methyl sites for hydroxylation is 1. The number of carboxylic acids is 1. The maximum Gasteiger partial charge on any atom is 0.339 e. The molecule has 2 heterocycles. The normalized spacial score (nSPS) is 15.2. The van der Waals surface area contributed by atoms with E-state index in [0.29, 0.717) is 11.6 Å². The third-order valence-corrected chi connectivity index (χ3v) is 2.54. The van der Waals surface area contributed by atoms with E-state index in [9.17, 15) is 4.79 Å². The zero-order valence-electron chi connectivity index (χ0n) is 9.05. The molecule has 5 heteroatoms. The second kappa shape index (κ2) is 4.30. The Morgan fingerprint density at radius 1 is 1.50 bits per heavy atom. The molecule has 0 amide bonds. The van der Waals surface area contributed by atoms with Gasteiger partial charge in [-0.1, -0.05) is 12.2 Å². The van der Waals surface area contributed by atoms with Gasteiger partial charge in [-0.25, -0.2) is 14.8 Å². The molecule has 0 saturated heterocycles. The van der Waals surface area contributed by atoms with Crippen molar-refractivity contribution in [1.29, 1.82) is 0 Å². The SMILES string of the molecule is Cc1nc(N2CC=CCC2)ncc1C(=O)O. The first-order valence-corrected chi connectivity index (χ1v) is 5.15. The molecule has 1 aromatic rings. The van der Waals surface area contributed by atoms with E-state index in [1.807, 2.05) is 4.90 Å². The van der Waals surface area contributed by atoms with Crippen LogP contribution in [0.5, 0.6) is 0 Å². The van der Waals surface area contributed by atoms with Crippen molar-refractivity contribution in [3.05, 3.63) is 29.6 Å². The Kier molecular flexibility index (Phi) is 2.85. The van der Waals surface area contributed by atoms with Gasteiger partial charge in [0.1, 0.15) is 0 Å². The minimum atomic E-state index is -0.984. The van der Waals surface area contributed by atoms with Crippen molar-refractivity contribution in [2.24, 2.45) is 0 Å². The Hall–Kier alpha value is -1.91. The van der Waals surface area contributed by atoms with E-state index in [4.69, 9.17) is 5.11 Å². The van der Waals surface area contributed by atoms with Crippen LogP contribution in [0.25, 0.3) is 0 Å². The molecule has 1 aliphatic rings. The van der Waals surface area contributed by atoms with Gasteiger partial charge in [-0.05, 0) is 13.3 Å². The Balaban J connectivity index is 2.26. The molecule has 0 unspecified atom stereocenters. The standard InChI is InChI=1S/C11H13N3O2/c1-8-9(10(15)16)7-12-11(13-8)14-5-3-2-4-6-14/h2-3,7H,4-6H2,1H3,(H,15,16). The fourth-order valence-corrected chi connectivity index (χ4v) is 1.64. The average molecular weight is 219 g/mol. The Morgan fingerprint density at radius 3 is 2.88 bits per heavy atom. The minimum Gasteiger partial charge on any atom is -0.478 e. The van der Waals surface area contributed by atoms with E-state index in [-0.39, 0.29) is 5.56 Å². The summed E-state index contributed by atoms with van der Waals surface area (Å²) in [5.41, 5.74) is 0.670. The molecule has 0 fully saturated rings. The number of carboxylic acid groups (broad SMARTS) is 1. The molecular formula is C11H13N3O2. The van der Waals surface area contributed by atoms with Crippen LogP contribution >= 0.6 is 0 Å². The summed E-state index contributed by atoms with van der Waals surface area (Å²) < 4.78 is 0. The number of aromatic carboxylic acids is 1. The van der Waals surface area contributed by atoms with Gasteiger partial charge in [-0.2, -0.15) is 0 Å². The van der Waals surface area contributed by atoms with Gasteiger partial charge >= 0.3 is 5.97 Å². The highest BCUT2D eigenvalue weighted by Crippen LogP contribution is 2.13. The molecule has 0 aromatic carbocycles. The van der Waals surface area contributed by atoms with Gasteiger partial charge in [0.25, 0.3) is 0 Å². The molecule has 1 aliphatic heterocycles. The van der Waals surface area contributed by atoms with Crippen LogP contribution in [-0.2, 0) is 0 Å². The predicted molar refractivity (Wildman–Crippen MR) is 59.7 cm³/mol. The molecule has 1 N–H and O–H groups in total. The summed E-state index contributed by atoms with van der Waals surface area (Å²) in [6.45, 7) is 3.35. The van der Waals surface area contributed by atoms with Crippen LogP contribution in [0.3, 0.4) is 0 Å². The number of hydrogen-bond acceptors (Lipinski definition) is 4. The van der Waals surface area contributed by atoms with E-state index >= 15 is 0 Å². The van der Waals surface area contributed by atoms with Crippen LogP contribution in [-0.4, -0.2) is 34.1 Å². The van der Waals surface area contributed by atoms with Crippen LogP contribution in [0.2, 0.25) is 0 Å². The quantitative estimate of drug-likeness (QED) is 0.758. The molecule has 0 spiro atoms. The summed E-state index contributed by atoms with van der Waals surface area (Å²) in [6.07, 6.45) is 6.53. The van der Waals surface area contributed by atoms with Crippen molar-refractivity contribution in [3.8, 4) is 0 Å². The number of carbonyl (C=O) groups is 1. The summed E-state index contributed by atoms with van der Waals surface area (Å²) in [7, 11) is 0. The largest absolute Gasteiger partial charge is 0.478 e. The van der Waals surface area contributed by atoms with Crippen LogP contribution < -0.4 is 4.90 Å². The zero-order valence-corrected chi connectivity index (χ0v) is 9.05. The summed E-state index contributed by atoms with van der Waals surface area (Å²) in [4.78, 5) is 21.1. The lowest BCUT2D eigenvalue weighted by Crippen LogP contribution is -2.29. The van der Waals surface area contributed by atoms with Crippen molar-refractivity contribution < 1.29 is 9.90 Å². The molecule has 84 valence electrons. The first-order chi connectivity index (χ1) is 7.68. The van der Waals surface area contributed by atoms with Gasteiger partial charge in [0.2, 0.25) is 5.95 Å². The summed E-state index contributed by atoms with van der Waals surface area (Å²) >= 11 is 0. The molecule has 2 rings (SSSR count). The van der Waals surface area contributed by atoms with E-state index in [1.165, 1.54) is 6.20 Å². The molecule has 0 atom stereocenters.